The number of aromatic amines is 1. The van der Waals surface area contributed by atoms with E-state index in [9.17, 15) is 4.79 Å². The minimum absolute atomic E-state index is 0.124. The standard InChI is InChI=1S/C18H23N5O2/c1-13-19-18(21-20-13)16-12-22(10-11-25-16)8-7-17(24)23-9-6-14-4-2-3-5-15(14)23/h2-5,16H,6-12H2,1H3,(H,19,20,21)/t16-/m0/s1. The van der Waals surface area contributed by atoms with E-state index in [-0.39, 0.29) is 12.0 Å². The number of nitrogens with one attached hydrogen (secondary N) is 1. The molecule has 0 saturated carbocycles. The summed E-state index contributed by atoms with van der Waals surface area (Å²) in [5.74, 6) is 1.68. The molecule has 1 aromatic heterocycles. The Kier molecular flexibility index (Phi) is 4.50. The quantitative estimate of drug-likeness (QED) is 0.911. The zero-order chi connectivity index (χ0) is 17.2. The van der Waals surface area contributed by atoms with Gasteiger partial charge in [-0.3, -0.25) is 14.8 Å². The predicted molar refractivity (Wildman–Crippen MR) is 93.4 cm³/mol. The van der Waals surface area contributed by atoms with E-state index < -0.39 is 0 Å². The SMILES string of the molecule is Cc1nc([C@@H]2CN(CCC(=O)N3CCc4ccccc43)CCO2)n[nH]1. The largest absolute Gasteiger partial charge is 0.367 e. The molecular weight excluding hydrogens is 318 g/mol. The van der Waals surface area contributed by atoms with Gasteiger partial charge in [0.05, 0.1) is 6.61 Å². The molecule has 2 aliphatic heterocycles. The van der Waals surface area contributed by atoms with E-state index in [1.807, 2.05) is 30.0 Å². The van der Waals surface area contributed by atoms with E-state index in [0.29, 0.717) is 18.9 Å². The Morgan fingerprint density at radius 3 is 3.08 bits per heavy atom. The summed E-state index contributed by atoms with van der Waals surface area (Å²) in [6.45, 7) is 5.61. The maximum Gasteiger partial charge on any atom is 0.228 e. The van der Waals surface area contributed by atoms with Crippen molar-refractivity contribution < 1.29 is 9.53 Å². The number of aromatic nitrogens is 3. The number of nitrogens with zero attached hydrogens (tertiary/aromatic N) is 4. The van der Waals surface area contributed by atoms with Crippen molar-refractivity contribution in [1.82, 2.24) is 20.1 Å². The Hall–Kier alpha value is -2.25. The van der Waals surface area contributed by atoms with Gasteiger partial charge in [0.25, 0.3) is 0 Å². The molecule has 1 N–H and O–H groups in total. The molecule has 0 bridgehead atoms. The number of ether oxygens (including phenoxy) is 1. The molecule has 132 valence electrons. The first kappa shape index (κ1) is 16.2. The van der Waals surface area contributed by atoms with Crippen LogP contribution < -0.4 is 4.90 Å². The Balaban J connectivity index is 1.33. The fourth-order valence-electron chi connectivity index (χ4n) is 3.55. The van der Waals surface area contributed by atoms with Gasteiger partial charge in [-0.2, -0.15) is 5.10 Å². The third kappa shape index (κ3) is 3.43. The number of hydrogen-bond donors (Lipinski definition) is 1. The fourth-order valence-corrected chi connectivity index (χ4v) is 3.55. The van der Waals surface area contributed by atoms with Crippen LogP contribution in [-0.2, 0) is 16.0 Å². The average molecular weight is 341 g/mol. The van der Waals surface area contributed by atoms with E-state index in [4.69, 9.17) is 4.74 Å². The summed E-state index contributed by atoms with van der Waals surface area (Å²) in [6.07, 6.45) is 1.35. The van der Waals surface area contributed by atoms with Gasteiger partial charge in [-0.05, 0) is 25.0 Å². The molecule has 1 fully saturated rings. The van der Waals surface area contributed by atoms with E-state index >= 15 is 0 Å². The van der Waals surface area contributed by atoms with E-state index in [1.165, 1.54) is 5.56 Å². The highest BCUT2D eigenvalue weighted by molar-refractivity contribution is 5.95. The first-order valence-corrected chi connectivity index (χ1v) is 8.82. The normalized spacial score (nSPS) is 20.7. The van der Waals surface area contributed by atoms with Gasteiger partial charge in [-0.25, -0.2) is 4.98 Å². The molecule has 25 heavy (non-hydrogen) atoms. The van der Waals surface area contributed by atoms with Gasteiger partial charge in [0.2, 0.25) is 5.91 Å². The number of H-pyrrole nitrogens is 1. The monoisotopic (exact) mass is 341 g/mol. The van der Waals surface area contributed by atoms with E-state index in [2.05, 4.69) is 26.1 Å². The third-order valence-electron chi connectivity index (χ3n) is 4.88. The van der Waals surface area contributed by atoms with Crippen molar-refractivity contribution in [2.24, 2.45) is 0 Å². The van der Waals surface area contributed by atoms with Crippen LogP contribution in [0, 0.1) is 6.92 Å². The predicted octanol–water partition coefficient (Wildman–Crippen LogP) is 1.47. The summed E-state index contributed by atoms with van der Waals surface area (Å²) in [7, 11) is 0. The van der Waals surface area contributed by atoms with Gasteiger partial charge in [-0.15, -0.1) is 0 Å². The molecule has 1 aromatic carbocycles. The number of amides is 1. The van der Waals surface area contributed by atoms with Crippen molar-refractivity contribution in [3.63, 3.8) is 0 Å². The van der Waals surface area contributed by atoms with Crippen LogP contribution in [0.1, 0.15) is 29.7 Å². The maximum atomic E-state index is 12.6. The van der Waals surface area contributed by atoms with Gasteiger partial charge >= 0.3 is 0 Å². The Morgan fingerprint density at radius 2 is 2.24 bits per heavy atom. The van der Waals surface area contributed by atoms with Gasteiger partial charge in [-0.1, -0.05) is 18.2 Å². The second-order valence-electron chi connectivity index (χ2n) is 6.61. The van der Waals surface area contributed by atoms with Crippen molar-refractivity contribution >= 4 is 11.6 Å². The second kappa shape index (κ2) is 6.93. The number of fused-ring (bicyclic) bond motifs is 1. The second-order valence-corrected chi connectivity index (χ2v) is 6.61. The number of aryl methyl sites for hydroxylation is 1. The summed E-state index contributed by atoms with van der Waals surface area (Å²) in [5.41, 5.74) is 2.34. The van der Waals surface area contributed by atoms with Gasteiger partial charge in [0, 0.05) is 38.3 Å². The summed E-state index contributed by atoms with van der Waals surface area (Å²) < 4.78 is 5.78. The lowest BCUT2D eigenvalue weighted by Gasteiger charge is -2.31. The van der Waals surface area contributed by atoms with Gasteiger partial charge < -0.3 is 9.64 Å². The van der Waals surface area contributed by atoms with Crippen LogP contribution >= 0.6 is 0 Å². The lowest BCUT2D eigenvalue weighted by atomic mass is 10.2. The minimum Gasteiger partial charge on any atom is -0.367 e. The number of para-hydroxylation sites is 1. The molecule has 0 aliphatic carbocycles. The average Bonchev–Trinajstić information content (AvgIpc) is 3.26. The van der Waals surface area contributed by atoms with Crippen molar-refractivity contribution in [3.05, 3.63) is 41.5 Å². The number of carbonyl (C=O) groups is 1. The zero-order valence-corrected chi connectivity index (χ0v) is 14.4. The molecule has 0 spiro atoms. The first-order valence-electron chi connectivity index (χ1n) is 8.82. The highest BCUT2D eigenvalue weighted by atomic mass is 16.5. The Bertz CT molecular complexity index is 759. The minimum atomic E-state index is -0.124. The maximum absolute atomic E-state index is 12.6. The number of hydrogen-bond acceptors (Lipinski definition) is 5. The molecule has 0 radical (unpaired) electrons. The lowest BCUT2D eigenvalue weighted by Crippen LogP contribution is -2.41. The lowest BCUT2D eigenvalue weighted by molar-refractivity contribution is -0.119. The number of morpholine rings is 1. The molecule has 1 amide bonds. The van der Waals surface area contributed by atoms with Crippen molar-refractivity contribution in [2.75, 3.05) is 37.7 Å². The Labute approximate surface area is 147 Å². The van der Waals surface area contributed by atoms with E-state index in [1.54, 1.807) is 0 Å². The molecule has 4 rings (SSSR count). The summed E-state index contributed by atoms with van der Waals surface area (Å²) in [4.78, 5) is 21.2. The molecule has 0 unspecified atom stereocenters. The summed E-state index contributed by atoms with van der Waals surface area (Å²) >= 11 is 0. The highest BCUT2D eigenvalue weighted by Crippen LogP contribution is 2.28. The van der Waals surface area contributed by atoms with Gasteiger partial charge in [0.1, 0.15) is 11.9 Å². The molecule has 7 heteroatoms. The van der Waals surface area contributed by atoms with Crippen LogP contribution in [0.2, 0.25) is 0 Å². The van der Waals surface area contributed by atoms with Crippen LogP contribution in [0.15, 0.2) is 24.3 Å². The zero-order valence-electron chi connectivity index (χ0n) is 14.4. The van der Waals surface area contributed by atoms with Crippen molar-refractivity contribution in [2.45, 2.75) is 25.9 Å². The number of benzene rings is 1. The molecule has 3 heterocycles. The smallest absolute Gasteiger partial charge is 0.228 e. The topological polar surface area (TPSA) is 74.3 Å². The summed E-state index contributed by atoms with van der Waals surface area (Å²) in [5, 5.41) is 7.05. The molecule has 2 aliphatic rings. The Morgan fingerprint density at radius 1 is 1.36 bits per heavy atom. The third-order valence-corrected chi connectivity index (χ3v) is 4.88. The first-order chi connectivity index (χ1) is 12.2. The van der Waals surface area contributed by atoms with Crippen LogP contribution in [0.4, 0.5) is 5.69 Å². The van der Waals surface area contributed by atoms with Crippen LogP contribution in [0.5, 0.6) is 0 Å². The molecule has 2 aromatic rings. The van der Waals surface area contributed by atoms with Crippen molar-refractivity contribution in [1.29, 1.82) is 0 Å². The van der Waals surface area contributed by atoms with Gasteiger partial charge in [0.15, 0.2) is 5.82 Å². The summed E-state index contributed by atoms with van der Waals surface area (Å²) in [6, 6.07) is 8.17. The van der Waals surface area contributed by atoms with Crippen LogP contribution in [0.25, 0.3) is 0 Å². The highest BCUT2D eigenvalue weighted by Gasteiger charge is 2.27. The van der Waals surface area contributed by atoms with Crippen molar-refractivity contribution in [3.8, 4) is 0 Å². The number of carbonyl (C=O) groups excluding carboxylic acids is 1. The van der Waals surface area contributed by atoms with Crippen LogP contribution in [-0.4, -0.2) is 58.8 Å². The fraction of sp³-hybridized carbons (Fsp3) is 0.500. The molecule has 1 atom stereocenters. The van der Waals surface area contributed by atoms with E-state index in [0.717, 1.165) is 44.1 Å². The number of rotatable bonds is 4. The molecule has 1 saturated heterocycles. The molecule has 7 nitrogen and oxygen atoms in total. The number of anilines is 1. The molecular formula is C18H23N5O2. The van der Waals surface area contributed by atoms with Crippen LogP contribution in [0.3, 0.4) is 0 Å².